The quantitative estimate of drug-likeness (QED) is 0.775. The molecule has 0 radical (unpaired) electrons. The summed E-state index contributed by atoms with van der Waals surface area (Å²) in [5.74, 6) is 0.578. The highest BCUT2D eigenvalue weighted by Gasteiger charge is 2.13. The monoisotopic (exact) mass is 225 g/mol. The van der Waals surface area contributed by atoms with Gasteiger partial charge in [-0.05, 0) is 26.3 Å². The van der Waals surface area contributed by atoms with Crippen LogP contribution in [0.1, 0.15) is 45.3 Å². The lowest BCUT2D eigenvalue weighted by Gasteiger charge is -2.16. The molecular formula is C12H23N3O. The van der Waals surface area contributed by atoms with Crippen LogP contribution in [-0.4, -0.2) is 28.0 Å². The molecule has 0 aromatic carbocycles. The summed E-state index contributed by atoms with van der Waals surface area (Å²) in [5.41, 5.74) is 1.05. The topological polar surface area (TPSA) is 50.1 Å². The van der Waals surface area contributed by atoms with E-state index in [1.165, 1.54) is 0 Å². The number of hydrogen-bond donors (Lipinski definition) is 2. The molecule has 0 bridgehead atoms. The zero-order valence-electron chi connectivity index (χ0n) is 10.6. The van der Waals surface area contributed by atoms with Gasteiger partial charge in [-0.25, -0.2) is 0 Å². The van der Waals surface area contributed by atoms with Gasteiger partial charge in [0.2, 0.25) is 0 Å². The normalized spacial score (nSPS) is 13.7. The molecule has 1 aromatic heterocycles. The molecule has 0 spiro atoms. The van der Waals surface area contributed by atoms with Crippen LogP contribution >= 0.6 is 0 Å². The summed E-state index contributed by atoms with van der Waals surface area (Å²) < 4.78 is 1.91. The van der Waals surface area contributed by atoms with Crippen molar-refractivity contribution in [3.8, 4) is 0 Å². The molecule has 0 amide bonds. The van der Waals surface area contributed by atoms with Gasteiger partial charge < -0.3 is 10.4 Å². The van der Waals surface area contributed by atoms with Crippen LogP contribution in [0.15, 0.2) is 12.4 Å². The summed E-state index contributed by atoms with van der Waals surface area (Å²) >= 11 is 0. The molecule has 1 heterocycles. The van der Waals surface area contributed by atoms with Crippen molar-refractivity contribution < 1.29 is 5.11 Å². The molecule has 2 N–H and O–H groups in total. The highest BCUT2D eigenvalue weighted by molar-refractivity contribution is 5.10. The Balaban J connectivity index is 2.63. The molecule has 0 saturated heterocycles. The number of nitrogens with one attached hydrogen (secondary N) is 1. The summed E-state index contributed by atoms with van der Waals surface area (Å²) in [4.78, 5) is 0. The predicted octanol–water partition coefficient (Wildman–Crippen LogP) is 1.74. The summed E-state index contributed by atoms with van der Waals surface area (Å²) in [6.45, 7) is 9.49. The number of aliphatic hydroxyl groups is 1. The Bertz CT molecular complexity index is 307. The molecule has 16 heavy (non-hydrogen) atoms. The van der Waals surface area contributed by atoms with Gasteiger partial charge in [-0.15, -0.1) is 0 Å². The largest absolute Gasteiger partial charge is 0.394 e. The van der Waals surface area contributed by atoms with Crippen molar-refractivity contribution >= 4 is 0 Å². The van der Waals surface area contributed by atoms with Crippen LogP contribution in [0.25, 0.3) is 0 Å². The standard InChI is InChI=1S/C12H23N3O/c1-9(2)5-13-12(8-16)11-6-14-15(7-11)10(3)4/h6-7,9-10,12-13,16H,5,8H2,1-4H3. The van der Waals surface area contributed by atoms with E-state index in [9.17, 15) is 5.11 Å². The van der Waals surface area contributed by atoms with Crippen molar-refractivity contribution in [2.24, 2.45) is 5.92 Å². The van der Waals surface area contributed by atoms with Crippen molar-refractivity contribution in [3.63, 3.8) is 0 Å². The van der Waals surface area contributed by atoms with E-state index < -0.39 is 0 Å². The Hall–Kier alpha value is -0.870. The maximum absolute atomic E-state index is 9.34. The number of aliphatic hydroxyl groups excluding tert-OH is 1. The predicted molar refractivity (Wildman–Crippen MR) is 65.3 cm³/mol. The van der Waals surface area contributed by atoms with Crippen LogP contribution < -0.4 is 5.32 Å². The maximum Gasteiger partial charge on any atom is 0.0627 e. The van der Waals surface area contributed by atoms with Crippen LogP contribution in [0.4, 0.5) is 0 Å². The maximum atomic E-state index is 9.34. The third kappa shape index (κ3) is 3.61. The van der Waals surface area contributed by atoms with E-state index in [1.54, 1.807) is 0 Å². The molecule has 1 aromatic rings. The fourth-order valence-corrected chi connectivity index (χ4v) is 1.48. The van der Waals surface area contributed by atoms with Crippen molar-refractivity contribution in [2.45, 2.75) is 39.8 Å². The summed E-state index contributed by atoms with van der Waals surface area (Å²) in [6.07, 6.45) is 3.83. The van der Waals surface area contributed by atoms with Crippen molar-refractivity contribution in [3.05, 3.63) is 18.0 Å². The van der Waals surface area contributed by atoms with E-state index in [1.807, 2.05) is 17.1 Å². The molecule has 0 aliphatic rings. The van der Waals surface area contributed by atoms with Gasteiger partial charge in [-0.2, -0.15) is 5.10 Å². The second kappa shape index (κ2) is 6.01. The lowest BCUT2D eigenvalue weighted by molar-refractivity contribution is 0.241. The van der Waals surface area contributed by atoms with E-state index in [4.69, 9.17) is 0 Å². The zero-order chi connectivity index (χ0) is 12.1. The molecule has 1 rings (SSSR count). The minimum atomic E-state index is -0.00472. The van der Waals surface area contributed by atoms with E-state index in [0.29, 0.717) is 12.0 Å². The average molecular weight is 225 g/mol. The van der Waals surface area contributed by atoms with Gasteiger partial charge in [-0.3, -0.25) is 4.68 Å². The van der Waals surface area contributed by atoms with E-state index >= 15 is 0 Å². The highest BCUT2D eigenvalue weighted by Crippen LogP contribution is 2.14. The summed E-state index contributed by atoms with van der Waals surface area (Å²) in [6, 6.07) is 0.355. The van der Waals surface area contributed by atoms with Gasteiger partial charge in [0.05, 0.1) is 18.8 Å². The molecule has 0 fully saturated rings. The third-order valence-electron chi connectivity index (χ3n) is 2.51. The Labute approximate surface area is 97.7 Å². The minimum Gasteiger partial charge on any atom is -0.394 e. The molecule has 4 nitrogen and oxygen atoms in total. The van der Waals surface area contributed by atoms with Gasteiger partial charge in [0.25, 0.3) is 0 Å². The van der Waals surface area contributed by atoms with Crippen molar-refractivity contribution in [1.82, 2.24) is 15.1 Å². The summed E-state index contributed by atoms with van der Waals surface area (Å²) in [5, 5.41) is 17.0. The molecule has 0 aliphatic heterocycles. The van der Waals surface area contributed by atoms with Crippen molar-refractivity contribution in [1.29, 1.82) is 0 Å². The second-order valence-electron chi connectivity index (χ2n) is 4.88. The number of rotatable bonds is 6. The van der Waals surface area contributed by atoms with E-state index in [2.05, 4.69) is 38.1 Å². The molecule has 1 unspecified atom stereocenters. The van der Waals surface area contributed by atoms with Crippen molar-refractivity contribution in [2.75, 3.05) is 13.2 Å². The van der Waals surface area contributed by atoms with Crippen LogP contribution in [0, 0.1) is 5.92 Å². The molecule has 0 saturated carbocycles. The second-order valence-corrected chi connectivity index (χ2v) is 4.88. The van der Waals surface area contributed by atoms with Gasteiger partial charge in [-0.1, -0.05) is 13.8 Å². The first-order valence-corrected chi connectivity index (χ1v) is 5.92. The summed E-state index contributed by atoms with van der Waals surface area (Å²) in [7, 11) is 0. The molecular weight excluding hydrogens is 202 g/mol. The fraction of sp³-hybridized carbons (Fsp3) is 0.750. The lowest BCUT2D eigenvalue weighted by atomic mass is 10.1. The SMILES string of the molecule is CC(C)CNC(CO)c1cnn(C(C)C)c1. The van der Waals surface area contributed by atoms with Gasteiger partial charge in [0, 0.05) is 17.8 Å². The first-order valence-electron chi connectivity index (χ1n) is 5.92. The number of hydrogen-bond acceptors (Lipinski definition) is 3. The van der Waals surface area contributed by atoms with Gasteiger partial charge in [0.15, 0.2) is 0 Å². The first kappa shape index (κ1) is 13.2. The lowest BCUT2D eigenvalue weighted by Crippen LogP contribution is -2.27. The first-order chi connectivity index (χ1) is 7.54. The van der Waals surface area contributed by atoms with Crippen LogP contribution in [0.3, 0.4) is 0 Å². The molecule has 0 aliphatic carbocycles. The zero-order valence-corrected chi connectivity index (χ0v) is 10.6. The number of nitrogens with zero attached hydrogens (tertiary/aromatic N) is 2. The third-order valence-corrected chi connectivity index (χ3v) is 2.51. The van der Waals surface area contributed by atoms with E-state index in [0.717, 1.165) is 12.1 Å². The molecule has 4 heteroatoms. The Morgan fingerprint density at radius 1 is 1.38 bits per heavy atom. The van der Waals surface area contributed by atoms with Gasteiger partial charge in [0.1, 0.15) is 0 Å². The van der Waals surface area contributed by atoms with Gasteiger partial charge >= 0.3 is 0 Å². The smallest absolute Gasteiger partial charge is 0.0627 e. The average Bonchev–Trinajstić information content (AvgIpc) is 2.67. The Kier molecular flexibility index (Phi) is 4.96. The fourth-order valence-electron chi connectivity index (χ4n) is 1.48. The Morgan fingerprint density at radius 3 is 2.50 bits per heavy atom. The highest BCUT2D eigenvalue weighted by atomic mass is 16.3. The van der Waals surface area contributed by atoms with E-state index in [-0.39, 0.29) is 12.6 Å². The van der Waals surface area contributed by atoms with Crippen LogP contribution in [0.2, 0.25) is 0 Å². The van der Waals surface area contributed by atoms with Crippen LogP contribution in [0.5, 0.6) is 0 Å². The molecule has 92 valence electrons. The Morgan fingerprint density at radius 2 is 2.06 bits per heavy atom. The van der Waals surface area contributed by atoms with Crippen LogP contribution in [-0.2, 0) is 0 Å². The minimum absolute atomic E-state index is 0.00472. The number of aromatic nitrogens is 2. The molecule has 1 atom stereocenters.